The lowest BCUT2D eigenvalue weighted by Crippen LogP contribution is -2.67. The van der Waals surface area contributed by atoms with Gasteiger partial charge in [-0.15, -0.1) is 0 Å². The van der Waals surface area contributed by atoms with Gasteiger partial charge in [-0.05, 0) is 92.0 Å². The zero-order valence-electron chi connectivity index (χ0n) is 28.1. The van der Waals surface area contributed by atoms with E-state index in [2.05, 4.69) is 49.1 Å². The molecule has 252 valence electrons. The van der Waals surface area contributed by atoms with Crippen LogP contribution in [0.4, 0.5) is 0 Å². The van der Waals surface area contributed by atoms with Crippen LogP contribution in [0, 0.1) is 33.5 Å². The van der Waals surface area contributed by atoms with Crippen molar-refractivity contribution in [3.05, 3.63) is 89.5 Å². The quantitative estimate of drug-likeness (QED) is 0.205. The number of Topliss-reactive ketones (excluding diaryl/α,β-unsaturated/α-hetero) is 1. The van der Waals surface area contributed by atoms with Crippen LogP contribution in [-0.4, -0.2) is 75.7 Å². The first kappa shape index (κ1) is 32.7. The third kappa shape index (κ3) is 4.83. The van der Waals surface area contributed by atoms with E-state index in [0.717, 1.165) is 43.2 Å². The normalized spacial score (nSPS) is 39.1. The van der Waals surface area contributed by atoms with Crippen molar-refractivity contribution >= 4 is 5.78 Å². The van der Waals surface area contributed by atoms with Crippen LogP contribution in [0.25, 0.3) is 0 Å². The highest BCUT2D eigenvalue weighted by Gasteiger charge is 2.74. The predicted octanol–water partition coefficient (Wildman–Crippen LogP) is 5.32. The number of ether oxygens (including phenoxy) is 1. The number of nitrogens with zero attached hydrogens (tertiary/aromatic N) is 1. The number of carbonyl (C=O) groups is 1. The van der Waals surface area contributed by atoms with Gasteiger partial charge in [0, 0.05) is 47.0 Å². The molecule has 0 saturated heterocycles. The van der Waals surface area contributed by atoms with Gasteiger partial charge in [-0.3, -0.25) is 9.69 Å². The number of allylic oxidation sites excluding steroid dienone is 4. The van der Waals surface area contributed by atoms with E-state index in [1.54, 1.807) is 7.11 Å². The maximum absolute atomic E-state index is 14.8. The standard InChI is InChI=1S/C40H51NO6/c1-36-16-13-29(43)21-38(36)19-20-40(32(22-38)35(45)28-9-11-31(47-3)12-10-28)33(36)14-17-37(2)34(40)15-18-39(37,46)26-41(24-30(44)25-42)23-27-7-5-4-6-8-27/h4-12,19-20,22,29-30,33-34,42-44,46H,13-18,21,23-26H2,1-3H3/t29?,30-,33+,34+,36+,37-,38-,39+,40+/m0/s1. The van der Waals surface area contributed by atoms with Gasteiger partial charge in [0.1, 0.15) is 5.75 Å². The predicted molar refractivity (Wildman–Crippen MR) is 181 cm³/mol. The van der Waals surface area contributed by atoms with Gasteiger partial charge in [0.2, 0.25) is 0 Å². The summed E-state index contributed by atoms with van der Waals surface area (Å²) >= 11 is 0. The van der Waals surface area contributed by atoms with Crippen molar-refractivity contribution in [2.75, 3.05) is 26.8 Å². The van der Waals surface area contributed by atoms with E-state index in [-0.39, 0.29) is 41.6 Å². The lowest BCUT2D eigenvalue weighted by molar-refractivity contribution is -0.177. The van der Waals surface area contributed by atoms with Crippen molar-refractivity contribution in [1.82, 2.24) is 4.90 Å². The first-order valence-electron chi connectivity index (χ1n) is 17.5. The number of fused-ring (bicyclic) bond motifs is 1. The molecule has 0 radical (unpaired) electrons. The highest BCUT2D eigenvalue weighted by molar-refractivity contribution is 6.10. The number of rotatable bonds is 10. The summed E-state index contributed by atoms with van der Waals surface area (Å²) in [6.45, 7) is 5.48. The molecule has 2 aromatic carbocycles. The SMILES string of the molecule is COc1ccc(C(=O)C2=C[C@@]34C=C[C@@]25[C@@H]2CC[C@@](O)(CN(Cc6ccccc6)C[C@H](O)CO)[C@@]2(C)CC[C@@H]5[C@@]3(C)CCC(O)C4)cc1. The molecule has 2 bridgehead atoms. The van der Waals surface area contributed by atoms with Crippen molar-refractivity contribution in [2.45, 2.75) is 83.1 Å². The number of aliphatic hydroxyl groups excluding tert-OH is 3. The van der Waals surface area contributed by atoms with Crippen molar-refractivity contribution in [3.8, 4) is 5.75 Å². The summed E-state index contributed by atoms with van der Waals surface area (Å²) in [5.74, 6) is 0.981. The summed E-state index contributed by atoms with van der Waals surface area (Å²) in [5, 5.41) is 44.1. The Morgan fingerprint density at radius 3 is 2.34 bits per heavy atom. The molecular formula is C40H51NO6. The first-order valence-corrected chi connectivity index (χ1v) is 17.5. The average Bonchev–Trinajstić information content (AvgIpc) is 3.34. The number of methoxy groups -OCH3 is 1. The number of benzene rings is 2. The van der Waals surface area contributed by atoms with Crippen LogP contribution in [0.1, 0.15) is 74.7 Å². The molecule has 8 rings (SSSR count). The highest BCUT2D eigenvalue weighted by Crippen LogP contribution is 2.78. The largest absolute Gasteiger partial charge is 0.497 e. The highest BCUT2D eigenvalue weighted by atomic mass is 16.5. The second-order valence-corrected chi connectivity index (χ2v) is 15.9. The topological polar surface area (TPSA) is 110 Å². The molecule has 1 unspecified atom stereocenters. The molecule has 3 fully saturated rings. The minimum atomic E-state index is -1.06. The Hall–Kier alpha value is -2.81. The molecule has 6 aliphatic carbocycles. The monoisotopic (exact) mass is 641 g/mol. The van der Waals surface area contributed by atoms with Gasteiger partial charge in [-0.1, -0.05) is 62.4 Å². The summed E-state index contributed by atoms with van der Waals surface area (Å²) in [7, 11) is 1.62. The number of carbonyl (C=O) groups excluding carboxylic acids is 1. The Bertz CT molecular complexity index is 1560. The molecule has 4 N–H and O–H groups in total. The van der Waals surface area contributed by atoms with Crippen LogP contribution in [0.5, 0.6) is 5.75 Å². The summed E-state index contributed by atoms with van der Waals surface area (Å²) < 4.78 is 5.39. The lowest BCUT2D eigenvalue weighted by Gasteiger charge is -2.71. The molecule has 0 heterocycles. The van der Waals surface area contributed by atoms with Crippen molar-refractivity contribution in [1.29, 1.82) is 0 Å². The van der Waals surface area contributed by atoms with Gasteiger partial charge in [0.15, 0.2) is 5.78 Å². The third-order valence-electron chi connectivity index (χ3n) is 13.7. The fraction of sp³-hybridized carbons (Fsp3) is 0.575. The lowest BCUT2D eigenvalue weighted by atomic mass is 9.32. The Morgan fingerprint density at radius 2 is 1.64 bits per heavy atom. The fourth-order valence-corrected chi connectivity index (χ4v) is 11.2. The van der Waals surface area contributed by atoms with E-state index in [1.165, 1.54) is 0 Å². The molecular weight excluding hydrogens is 590 g/mol. The maximum atomic E-state index is 14.8. The second kappa shape index (κ2) is 11.7. The molecule has 7 heteroatoms. The van der Waals surface area contributed by atoms with Crippen molar-refractivity contribution in [2.24, 2.45) is 33.5 Å². The molecule has 0 aliphatic heterocycles. The molecule has 0 aromatic heterocycles. The Morgan fingerprint density at radius 1 is 0.957 bits per heavy atom. The van der Waals surface area contributed by atoms with E-state index in [0.29, 0.717) is 37.2 Å². The van der Waals surface area contributed by atoms with E-state index in [4.69, 9.17) is 4.74 Å². The van der Waals surface area contributed by atoms with Gasteiger partial charge in [-0.25, -0.2) is 0 Å². The average molecular weight is 642 g/mol. The van der Waals surface area contributed by atoms with Crippen LogP contribution in [0.2, 0.25) is 0 Å². The Balaban J connectivity index is 1.30. The molecule has 0 amide bonds. The molecule has 7 nitrogen and oxygen atoms in total. The van der Waals surface area contributed by atoms with Crippen LogP contribution in [0.15, 0.2) is 78.4 Å². The van der Waals surface area contributed by atoms with E-state index in [1.807, 2.05) is 42.5 Å². The van der Waals surface area contributed by atoms with Crippen LogP contribution in [-0.2, 0) is 6.54 Å². The van der Waals surface area contributed by atoms with Crippen LogP contribution >= 0.6 is 0 Å². The Kier molecular flexibility index (Phi) is 8.12. The molecule has 2 aromatic rings. The number of ketones is 1. The zero-order valence-corrected chi connectivity index (χ0v) is 28.1. The smallest absolute Gasteiger partial charge is 0.189 e. The first-order chi connectivity index (χ1) is 22.4. The van der Waals surface area contributed by atoms with Gasteiger partial charge in [-0.2, -0.15) is 0 Å². The Labute approximate surface area is 279 Å². The summed E-state index contributed by atoms with van der Waals surface area (Å²) in [6, 6.07) is 17.5. The minimum Gasteiger partial charge on any atom is -0.497 e. The van der Waals surface area contributed by atoms with Crippen LogP contribution in [0.3, 0.4) is 0 Å². The van der Waals surface area contributed by atoms with Crippen molar-refractivity contribution in [3.63, 3.8) is 0 Å². The van der Waals surface area contributed by atoms with Gasteiger partial charge in [0.25, 0.3) is 0 Å². The minimum absolute atomic E-state index is 0.0277. The molecule has 2 spiro atoms. The molecule has 47 heavy (non-hydrogen) atoms. The summed E-state index contributed by atoms with van der Waals surface area (Å²) in [6.07, 6.45) is 11.0. The molecule has 3 saturated carbocycles. The van der Waals surface area contributed by atoms with E-state index in [9.17, 15) is 25.2 Å². The molecule has 6 aliphatic rings. The van der Waals surface area contributed by atoms with Crippen LogP contribution < -0.4 is 4.74 Å². The zero-order chi connectivity index (χ0) is 33.2. The summed E-state index contributed by atoms with van der Waals surface area (Å²) in [4.78, 5) is 16.9. The third-order valence-corrected chi connectivity index (χ3v) is 13.7. The van der Waals surface area contributed by atoms with Crippen molar-refractivity contribution < 1.29 is 30.0 Å². The molecule has 9 atom stereocenters. The van der Waals surface area contributed by atoms with Gasteiger partial charge in [0.05, 0.1) is 31.5 Å². The van der Waals surface area contributed by atoms with E-state index < -0.39 is 28.6 Å². The number of hydrogen-bond donors (Lipinski definition) is 4. The fourth-order valence-electron chi connectivity index (χ4n) is 11.2. The summed E-state index contributed by atoms with van der Waals surface area (Å²) in [5.41, 5.74) is -0.0202. The maximum Gasteiger partial charge on any atom is 0.189 e. The van der Waals surface area contributed by atoms with Gasteiger partial charge < -0.3 is 25.2 Å². The second-order valence-electron chi connectivity index (χ2n) is 15.9. The number of aliphatic hydroxyl groups is 4. The number of hydrogen-bond acceptors (Lipinski definition) is 7. The van der Waals surface area contributed by atoms with E-state index >= 15 is 0 Å². The van der Waals surface area contributed by atoms with Gasteiger partial charge >= 0.3 is 0 Å².